The van der Waals surface area contributed by atoms with Crippen LogP contribution >= 0.6 is 0 Å². The molecule has 3 aromatic rings. The molecule has 0 aliphatic rings. The number of amides is 1. The summed E-state index contributed by atoms with van der Waals surface area (Å²) >= 11 is 0. The number of benzene rings is 2. The van der Waals surface area contributed by atoms with E-state index in [0.29, 0.717) is 36.2 Å². The van der Waals surface area contributed by atoms with Crippen molar-refractivity contribution in [2.45, 2.75) is 19.9 Å². The maximum atomic E-state index is 12.6. The molecule has 0 saturated carbocycles. The van der Waals surface area contributed by atoms with Gasteiger partial charge in [-0.3, -0.25) is 14.7 Å². The smallest absolute Gasteiger partial charge is 0.409 e. The molecule has 2 aromatic carbocycles. The number of hydrogen-bond donors (Lipinski definition) is 2. The highest BCUT2D eigenvalue weighted by molar-refractivity contribution is 5.88. The van der Waals surface area contributed by atoms with Crippen LogP contribution in [0.25, 0.3) is 10.9 Å². The zero-order chi connectivity index (χ0) is 18.5. The number of nitrogens with one attached hydrogen (secondary N) is 1. The molecule has 1 aromatic heterocycles. The summed E-state index contributed by atoms with van der Waals surface area (Å²) in [6, 6.07) is 12.5. The van der Waals surface area contributed by atoms with Gasteiger partial charge < -0.3 is 9.84 Å². The summed E-state index contributed by atoms with van der Waals surface area (Å²) in [6.07, 6.45) is 0.971. The van der Waals surface area contributed by atoms with Gasteiger partial charge in [-0.25, -0.2) is 9.78 Å². The molecule has 134 valence electrons. The minimum absolute atomic E-state index is 0.208. The number of anilines is 1. The second-order valence-electron chi connectivity index (χ2n) is 5.87. The summed E-state index contributed by atoms with van der Waals surface area (Å²) in [5, 5.41) is 11.4. The molecular weight excluding hydrogens is 334 g/mol. The molecule has 3 rings (SSSR count). The molecule has 0 spiro atoms. The third-order valence-electron chi connectivity index (χ3n) is 3.97. The van der Waals surface area contributed by atoms with Crippen molar-refractivity contribution in [1.82, 2.24) is 9.55 Å². The molecule has 0 saturated heterocycles. The number of aromatic nitrogens is 2. The Balaban J connectivity index is 1.69. The van der Waals surface area contributed by atoms with Gasteiger partial charge in [0.05, 0.1) is 23.8 Å². The lowest BCUT2D eigenvalue weighted by molar-refractivity contribution is 0.210. The molecule has 0 radical (unpaired) electrons. The molecule has 2 N–H and O–H groups in total. The minimum atomic E-state index is -1.18. The first-order chi connectivity index (χ1) is 12.5. The van der Waals surface area contributed by atoms with Crippen LogP contribution in [0.15, 0.2) is 53.6 Å². The van der Waals surface area contributed by atoms with Crippen molar-refractivity contribution in [3.63, 3.8) is 0 Å². The maximum absolute atomic E-state index is 12.6. The number of aryl methyl sites for hydroxylation is 2. The summed E-state index contributed by atoms with van der Waals surface area (Å²) in [6.45, 7) is 2.93. The minimum Gasteiger partial charge on any atom is -0.493 e. The Bertz CT molecular complexity index is 997. The van der Waals surface area contributed by atoms with Crippen LogP contribution in [0.3, 0.4) is 0 Å². The van der Waals surface area contributed by atoms with Gasteiger partial charge in [-0.2, -0.15) is 0 Å². The fourth-order valence-electron chi connectivity index (χ4n) is 2.65. The highest BCUT2D eigenvalue weighted by atomic mass is 16.5. The Hall–Kier alpha value is -3.35. The summed E-state index contributed by atoms with van der Waals surface area (Å²) in [5.74, 6) is 0.834. The average Bonchev–Trinajstić information content (AvgIpc) is 2.61. The predicted molar refractivity (Wildman–Crippen MR) is 98.9 cm³/mol. The van der Waals surface area contributed by atoms with Gasteiger partial charge >= 0.3 is 6.09 Å². The van der Waals surface area contributed by atoms with Gasteiger partial charge in [0.1, 0.15) is 5.75 Å². The first kappa shape index (κ1) is 17.5. The molecule has 7 heteroatoms. The third kappa shape index (κ3) is 4.00. The zero-order valence-electron chi connectivity index (χ0n) is 14.3. The van der Waals surface area contributed by atoms with Crippen LogP contribution in [0.1, 0.15) is 12.0 Å². The topological polar surface area (TPSA) is 93.4 Å². The molecule has 0 unspecified atom stereocenters. The second kappa shape index (κ2) is 7.69. The zero-order valence-corrected chi connectivity index (χ0v) is 14.3. The number of hydrogen-bond acceptors (Lipinski definition) is 4. The lowest BCUT2D eigenvalue weighted by atomic mass is 10.2. The number of fused-ring (bicyclic) bond motifs is 1. The van der Waals surface area contributed by atoms with E-state index in [1.807, 2.05) is 31.2 Å². The Kier molecular flexibility index (Phi) is 5.17. The summed E-state index contributed by atoms with van der Waals surface area (Å²) < 4.78 is 7.25. The molecular formula is C19H19N3O4. The van der Waals surface area contributed by atoms with Crippen LogP contribution in [0.4, 0.5) is 10.5 Å². The van der Waals surface area contributed by atoms with Gasteiger partial charge in [0.25, 0.3) is 5.56 Å². The molecule has 26 heavy (non-hydrogen) atoms. The van der Waals surface area contributed by atoms with Gasteiger partial charge in [0.2, 0.25) is 0 Å². The Morgan fingerprint density at radius 2 is 2.08 bits per heavy atom. The monoisotopic (exact) mass is 353 g/mol. The average molecular weight is 353 g/mol. The first-order valence-corrected chi connectivity index (χ1v) is 8.22. The van der Waals surface area contributed by atoms with Crippen molar-refractivity contribution < 1.29 is 14.6 Å². The fraction of sp³-hybridized carbons (Fsp3) is 0.211. The number of nitrogens with zero attached hydrogens (tertiary/aromatic N) is 2. The Morgan fingerprint density at radius 1 is 1.27 bits per heavy atom. The van der Waals surface area contributed by atoms with Crippen molar-refractivity contribution in [3.8, 4) is 5.75 Å². The number of para-hydroxylation sites is 1. The highest BCUT2D eigenvalue weighted by Gasteiger charge is 2.07. The maximum Gasteiger partial charge on any atom is 0.409 e. The predicted octanol–water partition coefficient (Wildman–Crippen LogP) is 3.26. The lowest BCUT2D eigenvalue weighted by Gasteiger charge is -2.10. The molecule has 0 bridgehead atoms. The van der Waals surface area contributed by atoms with E-state index in [4.69, 9.17) is 9.84 Å². The second-order valence-corrected chi connectivity index (χ2v) is 5.87. The van der Waals surface area contributed by atoms with E-state index in [-0.39, 0.29) is 5.56 Å². The lowest BCUT2D eigenvalue weighted by Crippen LogP contribution is -2.22. The van der Waals surface area contributed by atoms with Crippen molar-refractivity contribution in [1.29, 1.82) is 0 Å². The largest absolute Gasteiger partial charge is 0.493 e. The number of rotatable bonds is 6. The first-order valence-electron chi connectivity index (χ1n) is 8.22. The number of carboxylic acid groups (broad SMARTS) is 1. The van der Waals surface area contributed by atoms with E-state index in [1.165, 1.54) is 17.0 Å². The highest BCUT2D eigenvalue weighted by Crippen LogP contribution is 2.16. The number of ether oxygens (including phenoxy) is 1. The molecule has 0 atom stereocenters. The van der Waals surface area contributed by atoms with E-state index in [1.54, 1.807) is 12.1 Å². The standard InChI is InChI=1S/C19H19N3O4/c1-13-5-2-3-6-17(13)26-10-4-9-22-12-20-16-8-7-14(21-19(24)25)11-15(16)18(22)23/h2-3,5-8,11-12,21H,4,9-10H2,1H3,(H,24,25). The molecule has 7 nitrogen and oxygen atoms in total. The molecule has 1 amide bonds. The molecule has 0 aliphatic carbocycles. The van der Waals surface area contributed by atoms with Gasteiger partial charge in [0, 0.05) is 12.2 Å². The van der Waals surface area contributed by atoms with Crippen LogP contribution in [-0.4, -0.2) is 27.4 Å². The van der Waals surface area contributed by atoms with E-state index in [0.717, 1.165) is 11.3 Å². The van der Waals surface area contributed by atoms with Gasteiger partial charge in [-0.05, 0) is 43.2 Å². The van der Waals surface area contributed by atoms with E-state index >= 15 is 0 Å². The molecule has 1 heterocycles. The van der Waals surface area contributed by atoms with Gasteiger partial charge in [-0.15, -0.1) is 0 Å². The van der Waals surface area contributed by atoms with Crippen molar-refractivity contribution >= 4 is 22.7 Å². The summed E-state index contributed by atoms with van der Waals surface area (Å²) in [4.78, 5) is 27.6. The summed E-state index contributed by atoms with van der Waals surface area (Å²) in [5.41, 5.74) is 1.72. The van der Waals surface area contributed by atoms with Gasteiger partial charge in [-0.1, -0.05) is 18.2 Å². The van der Waals surface area contributed by atoms with Crippen molar-refractivity contribution in [2.75, 3.05) is 11.9 Å². The van der Waals surface area contributed by atoms with Crippen LogP contribution < -0.4 is 15.6 Å². The van der Waals surface area contributed by atoms with Crippen LogP contribution in [0.5, 0.6) is 5.75 Å². The van der Waals surface area contributed by atoms with E-state index < -0.39 is 6.09 Å². The molecule has 0 aliphatic heterocycles. The van der Waals surface area contributed by atoms with E-state index in [2.05, 4.69) is 10.3 Å². The summed E-state index contributed by atoms with van der Waals surface area (Å²) in [7, 11) is 0. The van der Waals surface area contributed by atoms with Crippen LogP contribution in [0, 0.1) is 6.92 Å². The van der Waals surface area contributed by atoms with Crippen LogP contribution in [-0.2, 0) is 6.54 Å². The SMILES string of the molecule is Cc1ccccc1OCCCn1cnc2ccc(NC(=O)O)cc2c1=O. The molecule has 0 fully saturated rings. The third-order valence-corrected chi connectivity index (χ3v) is 3.97. The van der Waals surface area contributed by atoms with Gasteiger partial charge in [0.15, 0.2) is 0 Å². The fourth-order valence-corrected chi connectivity index (χ4v) is 2.65. The number of carbonyl (C=O) groups is 1. The van der Waals surface area contributed by atoms with Crippen molar-refractivity contribution in [2.24, 2.45) is 0 Å². The Morgan fingerprint density at radius 3 is 2.85 bits per heavy atom. The van der Waals surface area contributed by atoms with Crippen LogP contribution in [0.2, 0.25) is 0 Å². The quantitative estimate of drug-likeness (QED) is 0.664. The Labute approximate surface area is 149 Å². The van der Waals surface area contributed by atoms with Crippen molar-refractivity contribution in [3.05, 3.63) is 64.7 Å². The van der Waals surface area contributed by atoms with E-state index in [9.17, 15) is 9.59 Å². The normalized spacial score (nSPS) is 10.7.